The molecule has 0 heterocycles. The van der Waals surface area contributed by atoms with Crippen LogP contribution in [0, 0.1) is 0 Å². The molecule has 0 bridgehead atoms. The zero-order chi connectivity index (χ0) is 15.4. The van der Waals surface area contributed by atoms with E-state index in [2.05, 4.69) is 30.3 Å². The van der Waals surface area contributed by atoms with Gasteiger partial charge in [-0.2, -0.15) is 0 Å². The molecule has 0 spiro atoms. The summed E-state index contributed by atoms with van der Waals surface area (Å²) in [6.45, 7) is 1.62. The zero-order valence-corrected chi connectivity index (χ0v) is 12.4. The molecule has 1 atom stereocenters. The van der Waals surface area contributed by atoms with Gasteiger partial charge in [-0.3, -0.25) is 0 Å². The molecule has 0 aliphatic rings. The van der Waals surface area contributed by atoms with E-state index in [1.807, 2.05) is 48.5 Å². The lowest BCUT2D eigenvalue weighted by Gasteiger charge is -2.17. The summed E-state index contributed by atoms with van der Waals surface area (Å²) in [4.78, 5) is 0. The van der Waals surface area contributed by atoms with Gasteiger partial charge in [0.1, 0.15) is 5.75 Å². The maximum Gasteiger partial charge on any atom is 0.194 e. The summed E-state index contributed by atoms with van der Waals surface area (Å²) in [5.41, 5.74) is 4.27. The van der Waals surface area contributed by atoms with Crippen molar-refractivity contribution < 1.29 is 9.84 Å². The normalized spacial score (nSPS) is 11.9. The molecule has 0 aliphatic carbocycles. The van der Waals surface area contributed by atoms with Crippen molar-refractivity contribution in [1.82, 2.24) is 0 Å². The molecule has 0 amide bonds. The van der Waals surface area contributed by atoms with Crippen LogP contribution in [0.1, 0.15) is 6.92 Å². The summed E-state index contributed by atoms with van der Waals surface area (Å²) < 4.78 is 5.62. The van der Waals surface area contributed by atoms with E-state index >= 15 is 0 Å². The quantitative estimate of drug-likeness (QED) is 0.703. The van der Waals surface area contributed by atoms with Crippen LogP contribution >= 0.6 is 0 Å². The van der Waals surface area contributed by atoms with Crippen LogP contribution in [0.5, 0.6) is 5.75 Å². The van der Waals surface area contributed by atoms with Crippen molar-refractivity contribution in [3.63, 3.8) is 0 Å². The van der Waals surface area contributed by atoms with Crippen molar-refractivity contribution in [2.75, 3.05) is 0 Å². The van der Waals surface area contributed by atoms with E-state index in [0.717, 1.165) is 22.3 Å². The Kier molecular flexibility index (Phi) is 4.22. The minimum absolute atomic E-state index is 0.683. The van der Waals surface area contributed by atoms with E-state index in [1.54, 1.807) is 6.92 Å². The van der Waals surface area contributed by atoms with Crippen molar-refractivity contribution in [3.8, 4) is 28.0 Å². The zero-order valence-electron chi connectivity index (χ0n) is 12.4. The van der Waals surface area contributed by atoms with Gasteiger partial charge in [-0.25, -0.2) is 0 Å². The van der Waals surface area contributed by atoms with E-state index in [-0.39, 0.29) is 0 Å². The predicted octanol–water partition coefficient (Wildman–Crippen LogP) is 4.74. The second kappa shape index (κ2) is 6.46. The highest BCUT2D eigenvalue weighted by Gasteiger charge is 2.14. The first-order chi connectivity index (χ1) is 10.8. The van der Waals surface area contributed by atoms with Crippen LogP contribution in [0.4, 0.5) is 0 Å². The fourth-order valence-corrected chi connectivity index (χ4v) is 2.57. The van der Waals surface area contributed by atoms with Gasteiger partial charge in [-0.1, -0.05) is 72.8 Å². The lowest BCUT2D eigenvalue weighted by Crippen LogP contribution is -2.10. The number of aliphatic hydroxyl groups excluding tert-OH is 1. The van der Waals surface area contributed by atoms with E-state index in [0.29, 0.717) is 5.75 Å². The highest BCUT2D eigenvalue weighted by molar-refractivity contribution is 5.87. The van der Waals surface area contributed by atoms with Crippen molar-refractivity contribution in [3.05, 3.63) is 78.9 Å². The minimum Gasteiger partial charge on any atom is -0.465 e. The van der Waals surface area contributed by atoms with Crippen LogP contribution < -0.4 is 4.74 Å². The minimum atomic E-state index is -0.853. The van der Waals surface area contributed by atoms with Crippen LogP contribution in [-0.4, -0.2) is 11.4 Å². The largest absolute Gasteiger partial charge is 0.465 e. The summed E-state index contributed by atoms with van der Waals surface area (Å²) in [5, 5.41) is 9.62. The third-order valence-electron chi connectivity index (χ3n) is 3.47. The van der Waals surface area contributed by atoms with Gasteiger partial charge < -0.3 is 9.84 Å². The van der Waals surface area contributed by atoms with Gasteiger partial charge in [-0.05, 0) is 29.7 Å². The predicted molar refractivity (Wildman–Crippen MR) is 89.6 cm³/mol. The number of aliphatic hydroxyl groups is 1. The van der Waals surface area contributed by atoms with Crippen LogP contribution in [0.3, 0.4) is 0 Å². The third-order valence-corrected chi connectivity index (χ3v) is 3.47. The lowest BCUT2D eigenvalue weighted by molar-refractivity contribution is 0.000176. The standard InChI is InChI=1S/C20H18O2/c1-15(21)22-19-14-8-13-18(16-9-4-2-5-10-16)20(19)17-11-6-3-7-12-17/h2-15,21H,1H3. The molecule has 1 N–H and O–H groups in total. The Balaban J connectivity index is 2.22. The van der Waals surface area contributed by atoms with Gasteiger partial charge in [0, 0.05) is 5.56 Å². The molecule has 1 unspecified atom stereocenters. The Morgan fingerprint density at radius 3 is 1.91 bits per heavy atom. The number of ether oxygens (including phenoxy) is 1. The topological polar surface area (TPSA) is 29.5 Å². The molecule has 2 heteroatoms. The number of hydrogen-bond acceptors (Lipinski definition) is 2. The van der Waals surface area contributed by atoms with Crippen molar-refractivity contribution in [2.24, 2.45) is 0 Å². The molecule has 3 aromatic rings. The fourth-order valence-electron chi connectivity index (χ4n) is 2.57. The maximum absolute atomic E-state index is 9.62. The Morgan fingerprint density at radius 2 is 1.32 bits per heavy atom. The van der Waals surface area contributed by atoms with Crippen LogP contribution in [-0.2, 0) is 0 Å². The van der Waals surface area contributed by atoms with E-state index in [1.165, 1.54) is 0 Å². The molecule has 0 aliphatic heterocycles. The fraction of sp³-hybridized carbons (Fsp3) is 0.100. The van der Waals surface area contributed by atoms with Gasteiger partial charge >= 0.3 is 0 Å². The second-order valence-corrected chi connectivity index (χ2v) is 5.13. The van der Waals surface area contributed by atoms with Gasteiger partial charge in [0.15, 0.2) is 6.29 Å². The number of rotatable bonds is 4. The molecule has 2 nitrogen and oxygen atoms in total. The molecule has 0 fully saturated rings. The molecule has 3 aromatic carbocycles. The average molecular weight is 290 g/mol. The monoisotopic (exact) mass is 290 g/mol. The Hall–Kier alpha value is -2.58. The highest BCUT2D eigenvalue weighted by Crippen LogP contribution is 2.39. The van der Waals surface area contributed by atoms with Crippen molar-refractivity contribution in [2.45, 2.75) is 13.2 Å². The summed E-state index contributed by atoms with van der Waals surface area (Å²) in [6.07, 6.45) is -0.853. The van der Waals surface area contributed by atoms with Gasteiger partial charge in [0.2, 0.25) is 0 Å². The first-order valence-electron chi connectivity index (χ1n) is 7.34. The summed E-state index contributed by atoms with van der Waals surface area (Å²) in [5.74, 6) is 0.683. The maximum atomic E-state index is 9.62. The Morgan fingerprint density at radius 1 is 0.727 bits per heavy atom. The molecule has 22 heavy (non-hydrogen) atoms. The molecule has 0 radical (unpaired) electrons. The Bertz CT molecular complexity index is 734. The van der Waals surface area contributed by atoms with E-state index in [9.17, 15) is 5.11 Å². The first-order valence-corrected chi connectivity index (χ1v) is 7.34. The molecule has 3 rings (SSSR count). The summed E-state index contributed by atoms with van der Waals surface area (Å²) in [7, 11) is 0. The number of benzene rings is 3. The summed E-state index contributed by atoms with van der Waals surface area (Å²) >= 11 is 0. The highest BCUT2D eigenvalue weighted by atomic mass is 16.6. The van der Waals surface area contributed by atoms with Gasteiger partial charge in [0.25, 0.3) is 0 Å². The van der Waals surface area contributed by atoms with Crippen molar-refractivity contribution >= 4 is 0 Å². The average Bonchev–Trinajstić information content (AvgIpc) is 2.56. The van der Waals surface area contributed by atoms with Crippen LogP contribution in [0.25, 0.3) is 22.3 Å². The Labute approximate surface area is 130 Å². The van der Waals surface area contributed by atoms with Gasteiger partial charge in [0.05, 0.1) is 0 Å². The smallest absolute Gasteiger partial charge is 0.194 e. The molecule has 0 aromatic heterocycles. The molecular weight excluding hydrogens is 272 g/mol. The molecule has 0 saturated heterocycles. The molecule has 110 valence electrons. The SMILES string of the molecule is CC(O)Oc1cccc(-c2ccccc2)c1-c1ccccc1. The van der Waals surface area contributed by atoms with Crippen molar-refractivity contribution in [1.29, 1.82) is 0 Å². The van der Waals surface area contributed by atoms with Gasteiger partial charge in [-0.15, -0.1) is 0 Å². The molecule has 0 saturated carbocycles. The van der Waals surface area contributed by atoms with Crippen LogP contribution in [0.2, 0.25) is 0 Å². The lowest BCUT2D eigenvalue weighted by atomic mass is 9.94. The van der Waals surface area contributed by atoms with E-state index in [4.69, 9.17) is 4.74 Å². The summed E-state index contributed by atoms with van der Waals surface area (Å²) in [6, 6.07) is 26.2. The van der Waals surface area contributed by atoms with E-state index < -0.39 is 6.29 Å². The first kappa shape index (κ1) is 14.4. The van der Waals surface area contributed by atoms with Crippen LogP contribution in [0.15, 0.2) is 78.9 Å². The second-order valence-electron chi connectivity index (χ2n) is 5.13. The number of hydrogen-bond donors (Lipinski definition) is 1. The molecular formula is C20H18O2. The third kappa shape index (κ3) is 3.02.